The number of nitrogens with zero attached hydrogens (tertiary/aromatic N) is 2. The Labute approximate surface area is 141 Å². The first-order chi connectivity index (χ1) is 11.0. The lowest BCUT2D eigenvalue weighted by molar-refractivity contribution is -0.328. The summed E-state index contributed by atoms with van der Waals surface area (Å²) in [5.74, 6) is -5.14. The van der Waals surface area contributed by atoms with Crippen molar-refractivity contribution in [2.75, 3.05) is 26.2 Å². The van der Waals surface area contributed by atoms with Crippen LogP contribution in [0.3, 0.4) is 0 Å². The van der Waals surface area contributed by atoms with Gasteiger partial charge in [-0.2, -0.15) is 0 Å². The van der Waals surface area contributed by atoms with Crippen molar-refractivity contribution in [1.82, 2.24) is 9.80 Å². The third-order valence-electron chi connectivity index (χ3n) is 5.14. The lowest BCUT2D eigenvalue weighted by atomic mass is 9.81. The standard InChI is InChI=1S/C15H29N3O6/c1-9-3-4-10(2)12(11(9)16)18(13(19)20)6-5-17-7-14(21,22)15(23,24)8-17/h3-4,9-13,19-24H,5-8,16H2,1-2H3. The first-order valence-electron chi connectivity index (χ1n) is 8.14. The van der Waals surface area contributed by atoms with Crippen LogP contribution in [0.25, 0.3) is 0 Å². The van der Waals surface area contributed by atoms with Gasteiger partial charge in [-0.3, -0.25) is 4.90 Å². The van der Waals surface area contributed by atoms with Crippen molar-refractivity contribution in [1.29, 1.82) is 0 Å². The van der Waals surface area contributed by atoms with Crippen LogP contribution in [0.5, 0.6) is 0 Å². The second-order valence-electron chi connectivity index (χ2n) is 7.10. The van der Waals surface area contributed by atoms with Crippen LogP contribution in [0.15, 0.2) is 12.2 Å². The van der Waals surface area contributed by atoms with E-state index in [0.29, 0.717) is 0 Å². The van der Waals surface area contributed by atoms with E-state index in [-0.39, 0.29) is 50.1 Å². The molecule has 0 aromatic carbocycles. The Kier molecular flexibility index (Phi) is 5.70. The van der Waals surface area contributed by atoms with Gasteiger partial charge in [0.2, 0.25) is 18.0 Å². The van der Waals surface area contributed by atoms with Crippen LogP contribution in [-0.2, 0) is 0 Å². The Bertz CT molecular complexity index is 454. The summed E-state index contributed by atoms with van der Waals surface area (Å²) in [4.78, 5) is 2.88. The smallest absolute Gasteiger partial charge is 0.232 e. The number of aliphatic hydroxyl groups excluding tert-OH is 1. The van der Waals surface area contributed by atoms with Crippen molar-refractivity contribution in [3.63, 3.8) is 0 Å². The molecule has 0 aromatic rings. The molecule has 0 bridgehead atoms. The Morgan fingerprint density at radius 1 is 1.08 bits per heavy atom. The highest BCUT2D eigenvalue weighted by Crippen LogP contribution is 2.29. The summed E-state index contributed by atoms with van der Waals surface area (Å²) in [5.41, 5.74) is 6.23. The minimum absolute atomic E-state index is 0.0149. The van der Waals surface area contributed by atoms with Gasteiger partial charge in [-0.05, 0) is 11.8 Å². The quantitative estimate of drug-likeness (QED) is 0.201. The van der Waals surface area contributed by atoms with Crippen molar-refractivity contribution in [2.24, 2.45) is 17.6 Å². The number of likely N-dealkylation sites (tertiary alicyclic amines) is 1. The van der Waals surface area contributed by atoms with Crippen molar-refractivity contribution in [3.8, 4) is 0 Å². The fourth-order valence-electron chi connectivity index (χ4n) is 3.54. The van der Waals surface area contributed by atoms with Gasteiger partial charge >= 0.3 is 0 Å². The lowest BCUT2D eigenvalue weighted by Crippen LogP contribution is -2.59. The van der Waals surface area contributed by atoms with E-state index < -0.39 is 18.0 Å². The van der Waals surface area contributed by atoms with Gasteiger partial charge in [-0.15, -0.1) is 0 Å². The molecule has 140 valence electrons. The molecular formula is C15H29N3O6. The highest BCUT2D eigenvalue weighted by atomic mass is 16.6. The molecule has 2 aliphatic rings. The van der Waals surface area contributed by atoms with Crippen LogP contribution in [0, 0.1) is 11.8 Å². The van der Waals surface area contributed by atoms with Crippen LogP contribution in [0.2, 0.25) is 0 Å². The summed E-state index contributed by atoms with van der Waals surface area (Å²) in [5, 5.41) is 57.9. The molecule has 8 N–H and O–H groups in total. The van der Waals surface area contributed by atoms with Crippen LogP contribution in [0.1, 0.15) is 13.8 Å². The Balaban J connectivity index is 2.04. The van der Waals surface area contributed by atoms with Gasteiger partial charge in [0, 0.05) is 25.2 Å². The van der Waals surface area contributed by atoms with Crippen molar-refractivity contribution in [3.05, 3.63) is 12.2 Å². The van der Waals surface area contributed by atoms with E-state index in [0.717, 1.165) is 0 Å². The third-order valence-corrected chi connectivity index (χ3v) is 5.14. The predicted molar refractivity (Wildman–Crippen MR) is 84.9 cm³/mol. The van der Waals surface area contributed by atoms with E-state index in [9.17, 15) is 30.6 Å². The molecular weight excluding hydrogens is 318 g/mol. The van der Waals surface area contributed by atoms with Gasteiger partial charge < -0.3 is 36.4 Å². The second-order valence-corrected chi connectivity index (χ2v) is 7.10. The number of hydrogen-bond donors (Lipinski definition) is 7. The summed E-state index contributed by atoms with van der Waals surface area (Å²) < 4.78 is 0. The molecule has 1 saturated heterocycles. The average Bonchev–Trinajstić information content (AvgIpc) is 2.65. The number of aliphatic hydroxyl groups is 6. The van der Waals surface area contributed by atoms with Gasteiger partial charge in [0.15, 0.2) is 0 Å². The summed E-state index contributed by atoms with van der Waals surface area (Å²) in [6.07, 6.45) is 2.28. The molecule has 1 aliphatic carbocycles. The number of rotatable bonds is 5. The zero-order chi connectivity index (χ0) is 18.3. The fourth-order valence-corrected chi connectivity index (χ4v) is 3.54. The number of nitrogens with two attached hydrogens (primary N) is 1. The third kappa shape index (κ3) is 3.79. The predicted octanol–water partition coefficient (Wildman–Crippen LogP) is -3.23. The highest BCUT2D eigenvalue weighted by Gasteiger charge is 2.55. The molecule has 2 rings (SSSR count). The zero-order valence-electron chi connectivity index (χ0n) is 14.0. The van der Waals surface area contributed by atoms with Crippen LogP contribution in [0.4, 0.5) is 0 Å². The normalized spacial score (nSPS) is 36.0. The van der Waals surface area contributed by atoms with Crippen molar-refractivity contribution < 1.29 is 30.6 Å². The van der Waals surface area contributed by atoms with Crippen LogP contribution < -0.4 is 5.73 Å². The monoisotopic (exact) mass is 347 g/mol. The molecule has 0 saturated carbocycles. The van der Waals surface area contributed by atoms with Gasteiger partial charge in [-0.25, -0.2) is 4.90 Å². The molecule has 1 fully saturated rings. The van der Waals surface area contributed by atoms with E-state index >= 15 is 0 Å². The molecule has 4 unspecified atom stereocenters. The summed E-state index contributed by atoms with van der Waals surface area (Å²) in [7, 11) is 0. The lowest BCUT2D eigenvalue weighted by Gasteiger charge is -2.43. The van der Waals surface area contributed by atoms with Gasteiger partial charge in [-0.1, -0.05) is 26.0 Å². The maximum absolute atomic E-state index is 9.75. The molecule has 24 heavy (non-hydrogen) atoms. The van der Waals surface area contributed by atoms with Gasteiger partial charge in [0.05, 0.1) is 13.1 Å². The Hall–Kier alpha value is -0.620. The molecule has 0 radical (unpaired) electrons. The van der Waals surface area contributed by atoms with E-state index in [1.165, 1.54) is 9.80 Å². The maximum Gasteiger partial charge on any atom is 0.232 e. The Morgan fingerprint density at radius 2 is 1.58 bits per heavy atom. The van der Waals surface area contributed by atoms with Gasteiger partial charge in [0.25, 0.3) is 0 Å². The highest BCUT2D eigenvalue weighted by molar-refractivity contribution is 5.08. The first-order valence-corrected chi connectivity index (χ1v) is 8.14. The minimum Gasteiger partial charge on any atom is -0.360 e. The van der Waals surface area contributed by atoms with E-state index in [1.54, 1.807) is 0 Å². The number of β-amino-alcohol motifs (C(OH)–C–C–N with tert-alkyl or cyclic N) is 4. The van der Waals surface area contributed by atoms with Crippen LogP contribution >= 0.6 is 0 Å². The average molecular weight is 347 g/mol. The van der Waals surface area contributed by atoms with Crippen LogP contribution in [-0.4, -0.2) is 96.7 Å². The molecule has 1 aliphatic heterocycles. The van der Waals surface area contributed by atoms with E-state index in [2.05, 4.69) is 0 Å². The summed E-state index contributed by atoms with van der Waals surface area (Å²) >= 11 is 0. The zero-order valence-corrected chi connectivity index (χ0v) is 14.0. The topological polar surface area (TPSA) is 154 Å². The molecule has 0 aromatic heterocycles. The Morgan fingerprint density at radius 3 is 2.08 bits per heavy atom. The number of hydrogen-bond acceptors (Lipinski definition) is 9. The first kappa shape index (κ1) is 19.7. The minimum atomic E-state index is -2.62. The SMILES string of the molecule is CC1C=CC(C)C(N(CCN2CC(O)(O)C(O)(O)C2)C(O)O)C1N. The van der Waals surface area contributed by atoms with E-state index in [4.69, 9.17) is 5.73 Å². The molecule has 9 nitrogen and oxygen atoms in total. The van der Waals surface area contributed by atoms with Gasteiger partial charge in [0.1, 0.15) is 0 Å². The van der Waals surface area contributed by atoms with Crippen molar-refractivity contribution in [2.45, 2.75) is 43.9 Å². The summed E-state index contributed by atoms with van der Waals surface area (Å²) in [6.45, 7) is 3.57. The fraction of sp³-hybridized carbons (Fsp3) is 0.867. The maximum atomic E-state index is 9.75. The molecule has 1 heterocycles. The van der Waals surface area contributed by atoms with E-state index in [1.807, 2.05) is 26.0 Å². The molecule has 0 spiro atoms. The molecule has 4 atom stereocenters. The largest absolute Gasteiger partial charge is 0.360 e. The molecule has 0 amide bonds. The molecule has 9 heteroatoms. The second kappa shape index (κ2) is 6.94. The van der Waals surface area contributed by atoms with Crippen molar-refractivity contribution >= 4 is 0 Å². The summed E-state index contributed by atoms with van der Waals surface area (Å²) in [6, 6.07) is -0.580.